The van der Waals surface area contributed by atoms with E-state index in [2.05, 4.69) is 60.7 Å². The lowest BCUT2D eigenvalue weighted by molar-refractivity contribution is -0.166. The number of amides is 2. The summed E-state index contributed by atoms with van der Waals surface area (Å²) in [5.74, 6) is -1.58. The van der Waals surface area contributed by atoms with Crippen molar-refractivity contribution >= 4 is 26.3 Å². The van der Waals surface area contributed by atoms with Gasteiger partial charge in [0.25, 0.3) is 0 Å². The highest BCUT2D eigenvalue weighted by Gasteiger charge is 2.49. The van der Waals surface area contributed by atoms with Crippen molar-refractivity contribution in [1.82, 2.24) is 10.2 Å². The average molecular weight is 643 g/mol. The molecule has 258 valence electrons. The Hall–Kier alpha value is -1.65. The Labute approximate surface area is 269 Å². The molecule has 5 atom stereocenters. The van der Waals surface area contributed by atoms with Gasteiger partial charge in [-0.05, 0) is 68.5 Å². The van der Waals surface area contributed by atoms with E-state index >= 15 is 0 Å². The van der Waals surface area contributed by atoms with Crippen molar-refractivity contribution in [3.05, 3.63) is 0 Å². The van der Waals surface area contributed by atoms with Crippen LogP contribution in [0, 0.1) is 17.8 Å². The first-order valence-corrected chi connectivity index (χ1v) is 19.1. The van der Waals surface area contributed by atoms with E-state index in [-0.39, 0.29) is 40.8 Å². The van der Waals surface area contributed by atoms with Crippen molar-refractivity contribution in [2.24, 2.45) is 17.8 Å². The van der Waals surface area contributed by atoms with E-state index in [1.54, 1.807) is 11.8 Å². The van der Waals surface area contributed by atoms with Crippen LogP contribution in [0.3, 0.4) is 0 Å². The summed E-state index contributed by atoms with van der Waals surface area (Å²) in [5.41, 5.74) is 0.0666. The topological polar surface area (TPSA) is 114 Å². The standard InChI is InChI=1S/C34H66N2O7Si/c1-21(2)19-27-28(43-44(23(5)6,24(7)8)25(9)10)20-29(37)41-31(22(3)4)30(38)26(11)32(39)35-17-15-16-18-36(27)33(40)42-34(12,13)14/h21-28,30-31,38H,15-20H2,1-14H3,(H,35,39)/t26-,27+,28-,30-,31-/m0/s1. The van der Waals surface area contributed by atoms with Crippen molar-refractivity contribution in [3.63, 3.8) is 0 Å². The van der Waals surface area contributed by atoms with Crippen LogP contribution in [0.15, 0.2) is 0 Å². The van der Waals surface area contributed by atoms with Crippen LogP contribution in [0.5, 0.6) is 0 Å². The second-order valence-electron chi connectivity index (χ2n) is 15.5. The molecule has 0 saturated carbocycles. The van der Waals surface area contributed by atoms with Crippen molar-refractivity contribution in [3.8, 4) is 0 Å². The SMILES string of the molecule is CC(C)C[C@@H]1[C@@H](O[Si](C(C)C)(C(C)C)C(C)C)CC(=O)O[C@@H](C(C)C)[C@@H](O)[C@H](C)C(=O)NCCCCN1C(=O)OC(C)(C)C. The number of esters is 1. The number of nitrogens with one attached hydrogen (secondary N) is 1. The van der Waals surface area contributed by atoms with Crippen LogP contribution < -0.4 is 5.32 Å². The maximum Gasteiger partial charge on any atom is 0.410 e. The van der Waals surface area contributed by atoms with Gasteiger partial charge in [-0.1, -0.05) is 76.2 Å². The van der Waals surface area contributed by atoms with E-state index < -0.39 is 56.3 Å². The maximum atomic E-state index is 13.9. The Bertz CT molecular complexity index is 894. The molecule has 0 unspecified atom stereocenters. The fourth-order valence-electron chi connectivity index (χ4n) is 6.79. The van der Waals surface area contributed by atoms with Crippen LogP contribution in [-0.2, 0) is 23.5 Å². The van der Waals surface area contributed by atoms with Gasteiger partial charge in [0.05, 0.1) is 24.5 Å². The number of hydrogen-bond acceptors (Lipinski definition) is 7. The van der Waals surface area contributed by atoms with E-state index in [1.807, 2.05) is 34.6 Å². The molecule has 1 saturated heterocycles. The third kappa shape index (κ3) is 11.3. The predicted molar refractivity (Wildman–Crippen MR) is 179 cm³/mol. The van der Waals surface area contributed by atoms with Gasteiger partial charge in [0, 0.05) is 13.1 Å². The Balaban J connectivity index is 3.88. The number of cyclic esters (lactones) is 1. The molecule has 2 N–H and O–H groups in total. The summed E-state index contributed by atoms with van der Waals surface area (Å²) < 4.78 is 19.3. The van der Waals surface area contributed by atoms with Crippen LogP contribution in [0.2, 0.25) is 16.6 Å². The number of aliphatic hydroxyl groups is 1. The lowest BCUT2D eigenvalue weighted by Gasteiger charge is -2.48. The number of ether oxygens (including phenoxy) is 2. The largest absolute Gasteiger partial charge is 0.459 e. The van der Waals surface area contributed by atoms with Gasteiger partial charge in [0.2, 0.25) is 14.2 Å². The molecule has 0 spiro atoms. The summed E-state index contributed by atoms with van der Waals surface area (Å²) in [4.78, 5) is 42.5. The van der Waals surface area contributed by atoms with E-state index in [0.717, 1.165) is 0 Å². The third-order valence-electron chi connectivity index (χ3n) is 8.91. The molecule has 2 amide bonds. The van der Waals surface area contributed by atoms with Crippen molar-refractivity contribution in [2.45, 2.75) is 169 Å². The number of carbonyl (C=O) groups excluding carboxylic acids is 3. The summed E-state index contributed by atoms with van der Waals surface area (Å²) in [5, 5.41) is 14.1. The fourth-order valence-corrected chi connectivity index (χ4v) is 12.4. The molecular formula is C34H66N2O7Si. The number of carbonyl (C=O) groups is 3. The third-order valence-corrected chi connectivity index (χ3v) is 15.0. The lowest BCUT2D eigenvalue weighted by atomic mass is 9.91. The molecule has 1 fully saturated rings. The lowest BCUT2D eigenvalue weighted by Crippen LogP contribution is -2.57. The van der Waals surface area contributed by atoms with Crippen LogP contribution in [-0.4, -0.2) is 79.3 Å². The Kier molecular flexibility index (Phi) is 15.9. The maximum absolute atomic E-state index is 13.9. The molecule has 1 rings (SSSR count). The zero-order chi connectivity index (χ0) is 34.2. The Morgan fingerprint density at radius 3 is 2.00 bits per heavy atom. The summed E-state index contributed by atoms with van der Waals surface area (Å²) in [7, 11) is -2.53. The minimum Gasteiger partial charge on any atom is -0.459 e. The first kappa shape index (κ1) is 40.4. The smallest absolute Gasteiger partial charge is 0.410 e. The number of nitrogens with zero attached hydrogens (tertiary/aromatic N) is 1. The van der Waals surface area contributed by atoms with Gasteiger partial charge in [-0.15, -0.1) is 0 Å². The zero-order valence-corrected chi connectivity index (χ0v) is 31.4. The summed E-state index contributed by atoms with van der Waals surface area (Å²) in [6.07, 6.45) is -1.31. The van der Waals surface area contributed by atoms with Gasteiger partial charge in [0.1, 0.15) is 17.8 Å². The first-order chi connectivity index (χ1) is 20.1. The molecule has 0 aliphatic carbocycles. The molecule has 0 radical (unpaired) electrons. The molecule has 0 bridgehead atoms. The second-order valence-corrected chi connectivity index (χ2v) is 20.9. The van der Waals surface area contributed by atoms with Gasteiger partial charge in [0.15, 0.2) is 0 Å². The van der Waals surface area contributed by atoms with Gasteiger partial charge in [-0.2, -0.15) is 0 Å². The molecule has 0 aromatic rings. The molecule has 1 heterocycles. The van der Waals surface area contributed by atoms with Crippen LogP contribution in [0.25, 0.3) is 0 Å². The van der Waals surface area contributed by atoms with Crippen molar-refractivity contribution in [1.29, 1.82) is 0 Å². The Morgan fingerprint density at radius 2 is 1.55 bits per heavy atom. The monoisotopic (exact) mass is 642 g/mol. The van der Waals surface area contributed by atoms with Gasteiger partial charge >= 0.3 is 12.1 Å². The zero-order valence-electron chi connectivity index (χ0n) is 30.4. The van der Waals surface area contributed by atoms with Gasteiger partial charge in [-0.3, -0.25) is 9.59 Å². The van der Waals surface area contributed by atoms with Gasteiger partial charge < -0.3 is 29.2 Å². The summed E-state index contributed by atoms with van der Waals surface area (Å²) >= 11 is 0. The number of rotatable bonds is 8. The minimum absolute atomic E-state index is 0.0753. The molecule has 1 aliphatic heterocycles. The van der Waals surface area contributed by atoms with E-state index in [4.69, 9.17) is 13.9 Å². The average Bonchev–Trinajstić information content (AvgIpc) is 2.87. The molecular weight excluding hydrogens is 576 g/mol. The normalized spacial score (nSPS) is 25.7. The minimum atomic E-state index is -2.53. The first-order valence-electron chi connectivity index (χ1n) is 17.0. The number of aliphatic hydroxyl groups excluding tert-OH is 1. The Morgan fingerprint density at radius 1 is 1.00 bits per heavy atom. The van der Waals surface area contributed by atoms with Gasteiger partial charge in [-0.25, -0.2) is 4.79 Å². The molecule has 44 heavy (non-hydrogen) atoms. The summed E-state index contributed by atoms with van der Waals surface area (Å²) in [6.45, 7) is 29.2. The molecule has 1 aliphatic rings. The van der Waals surface area contributed by atoms with E-state index in [9.17, 15) is 19.5 Å². The summed E-state index contributed by atoms with van der Waals surface area (Å²) in [6, 6.07) is -0.443. The van der Waals surface area contributed by atoms with Crippen LogP contribution in [0.1, 0.15) is 123 Å². The van der Waals surface area contributed by atoms with Crippen LogP contribution in [0.4, 0.5) is 4.79 Å². The molecule has 0 aromatic heterocycles. The highest BCUT2D eigenvalue weighted by molar-refractivity contribution is 6.77. The molecule has 10 heteroatoms. The van der Waals surface area contributed by atoms with Crippen molar-refractivity contribution in [2.75, 3.05) is 13.1 Å². The fraction of sp³-hybridized carbons (Fsp3) is 0.912. The van der Waals surface area contributed by atoms with Crippen molar-refractivity contribution < 1.29 is 33.4 Å². The second kappa shape index (κ2) is 17.3. The van der Waals surface area contributed by atoms with E-state index in [1.165, 1.54) is 0 Å². The van der Waals surface area contributed by atoms with E-state index in [0.29, 0.717) is 32.4 Å². The quantitative estimate of drug-likeness (QED) is 0.215. The molecule has 0 aromatic carbocycles. The number of hydrogen-bond donors (Lipinski definition) is 2. The highest BCUT2D eigenvalue weighted by Crippen LogP contribution is 2.44. The molecule has 9 nitrogen and oxygen atoms in total. The predicted octanol–water partition coefficient (Wildman–Crippen LogP) is 7.06. The van der Waals surface area contributed by atoms with Crippen LogP contribution >= 0.6 is 0 Å². The highest BCUT2D eigenvalue weighted by atomic mass is 28.4.